The van der Waals surface area contributed by atoms with Crippen molar-refractivity contribution in [2.75, 3.05) is 26.2 Å². The van der Waals surface area contributed by atoms with Crippen LogP contribution in [0.1, 0.15) is 20.2 Å². The van der Waals surface area contributed by atoms with Crippen LogP contribution in [-0.2, 0) is 0 Å². The highest BCUT2D eigenvalue weighted by molar-refractivity contribution is 7.12. The normalized spacial score (nSPS) is 15.0. The van der Waals surface area contributed by atoms with Gasteiger partial charge in [-0.15, -0.1) is 11.3 Å². The fraction of sp³-hybridized carbons (Fsp3) is 0.267. The molecule has 0 spiro atoms. The van der Waals surface area contributed by atoms with Gasteiger partial charge in [-0.2, -0.15) is 0 Å². The van der Waals surface area contributed by atoms with Gasteiger partial charge in [0.25, 0.3) is 11.8 Å². The van der Waals surface area contributed by atoms with Gasteiger partial charge in [0.05, 0.1) is 4.88 Å². The number of hydrogen-bond donors (Lipinski definition) is 0. The van der Waals surface area contributed by atoms with E-state index < -0.39 is 0 Å². The molecule has 0 N–H and O–H groups in total. The minimum Gasteiger partial charge on any atom is -0.334 e. The second-order valence-corrected chi connectivity index (χ2v) is 5.72. The van der Waals surface area contributed by atoms with Gasteiger partial charge in [-0.1, -0.05) is 12.1 Å². The summed E-state index contributed by atoms with van der Waals surface area (Å²) in [5.74, 6) is -0.0197. The molecule has 2 aromatic rings. The third-order valence-electron chi connectivity index (χ3n) is 3.47. The Labute approximate surface area is 126 Å². The van der Waals surface area contributed by atoms with Gasteiger partial charge in [0.2, 0.25) is 0 Å². The average Bonchev–Trinajstić information content (AvgIpc) is 3.09. The van der Waals surface area contributed by atoms with Crippen LogP contribution in [0.2, 0.25) is 0 Å². The Bertz CT molecular complexity index is 620. The van der Waals surface area contributed by atoms with E-state index in [1.54, 1.807) is 34.2 Å². The molecule has 0 saturated carbocycles. The van der Waals surface area contributed by atoms with E-state index in [0.717, 1.165) is 4.88 Å². The number of nitrogens with zero attached hydrogens (tertiary/aromatic N) is 3. The quantitative estimate of drug-likeness (QED) is 0.849. The second-order valence-electron chi connectivity index (χ2n) is 4.78. The van der Waals surface area contributed by atoms with E-state index in [1.165, 1.54) is 11.3 Å². The summed E-state index contributed by atoms with van der Waals surface area (Å²) in [5.41, 5.74) is 0.454. The third-order valence-corrected chi connectivity index (χ3v) is 4.33. The molecule has 2 amide bonds. The van der Waals surface area contributed by atoms with Gasteiger partial charge < -0.3 is 9.80 Å². The molecule has 0 unspecified atom stereocenters. The van der Waals surface area contributed by atoms with Crippen LogP contribution in [0.25, 0.3) is 0 Å². The topological polar surface area (TPSA) is 53.5 Å². The van der Waals surface area contributed by atoms with Crippen LogP contribution >= 0.6 is 11.3 Å². The van der Waals surface area contributed by atoms with E-state index in [9.17, 15) is 9.59 Å². The number of aromatic nitrogens is 1. The smallest absolute Gasteiger partial charge is 0.272 e. The summed E-state index contributed by atoms with van der Waals surface area (Å²) in [6.07, 6.45) is 1.61. The SMILES string of the molecule is O=C(c1ccccn1)N1CCN(C(=O)c2cccs2)CC1. The van der Waals surface area contributed by atoms with Gasteiger partial charge in [0.1, 0.15) is 5.69 Å². The predicted octanol–water partition coefficient (Wildman–Crippen LogP) is 1.74. The summed E-state index contributed by atoms with van der Waals surface area (Å²) in [6.45, 7) is 2.23. The van der Waals surface area contributed by atoms with Crippen molar-refractivity contribution < 1.29 is 9.59 Å². The fourth-order valence-electron chi connectivity index (χ4n) is 2.32. The highest BCUT2D eigenvalue weighted by Gasteiger charge is 2.26. The van der Waals surface area contributed by atoms with Crippen molar-refractivity contribution in [2.24, 2.45) is 0 Å². The van der Waals surface area contributed by atoms with Gasteiger partial charge in [-0.05, 0) is 23.6 Å². The number of pyridine rings is 1. The van der Waals surface area contributed by atoms with E-state index in [0.29, 0.717) is 31.9 Å². The van der Waals surface area contributed by atoms with E-state index in [-0.39, 0.29) is 11.8 Å². The van der Waals surface area contributed by atoms with Crippen molar-refractivity contribution in [3.05, 3.63) is 52.5 Å². The number of hydrogen-bond acceptors (Lipinski definition) is 4. The monoisotopic (exact) mass is 301 g/mol. The Morgan fingerprint density at radius 1 is 0.952 bits per heavy atom. The number of carbonyl (C=O) groups is 2. The lowest BCUT2D eigenvalue weighted by Crippen LogP contribution is -2.50. The first-order chi connectivity index (χ1) is 10.3. The molecule has 0 radical (unpaired) electrons. The molecule has 3 heterocycles. The van der Waals surface area contributed by atoms with Crippen molar-refractivity contribution >= 4 is 23.2 Å². The molecule has 0 bridgehead atoms. The van der Waals surface area contributed by atoms with Crippen molar-refractivity contribution in [2.45, 2.75) is 0 Å². The summed E-state index contributed by atoms with van der Waals surface area (Å²) >= 11 is 1.45. The number of carbonyl (C=O) groups excluding carboxylic acids is 2. The maximum absolute atomic E-state index is 12.3. The molecule has 5 nitrogen and oxygen atoms in total. The lowest BCUT2D eigenvalue weighted by Gasteiger charge is -2.34. The maximum atomic E-state index is 12.3. The van der Waals surface area contributed by atoms with Gasteiger partial charge in [-0.3, -0.25) is 14.6 Å². The molecule has 1 fully saturated rings. The molecule has 3 rings (SSSR count). The summed E-state index contributed by atoms with van der Waals surface area (Å²) in [4.78, 5) is 32.9. The summed E-state index contributed by atoms with van der Waals surface area (Å²) in [7, 11) is 0. The van der Waals surface area contributed by atoms with E-state index in [4.69, 9.17) is 0 Å². The number of piperazine rings is 1. The standard InChI is InChI=1S/C15H15N3O2S/c19-14(12-4-1-2-6-16-12)17-7-9-18(10-8-17)15(20)13-5-3-11-21-13/h1-6,11H,7-10H2. The van der Waals surface area contributed by atoms with Crippen molar-refractivity contribution in [3.63, 3.8) is 0 Å². The third kappa shape index (κ3) is 2.95. The second kappa shape index (κ2) is 6.05. The van der Waals surface area contributed by atoms with Crippen molar-refractivity contribution in [3.8, 4) is 0 Å². The first-order valence-corrected chi connectivity index (χ1v) is 7.67. The van der Waals surface area contributed by atoms with E-state index in [2.05, 4.69) is 4.98 Å². The zero-order chi connectivity index (χ0) is 14.7. The molecule has 6 heteroatoms. The Kier molecular flexibility index (Phi) is 3.96. The van der Waals surface area contributed by atoms with E-state index >= 15 is 0 Å². The Morgan fingerprint density at radius 3 is 2.24 bits per heavy atom. The van der Waals surface area contributed by atoms with Crippen LogP contribution in [-0.4, -0.2) is 52.8 Å². The molecule has 1 aliphatic rings. The van der Waals surface area contributed by atoms with Gasteiger partial charge >= 0.3 is 0 Å². The highest BCUT2D eigenvalue weighted by atomic mass is 32.1. The van der Waals surface area contributed by atoms with Crippen LogP contribution in [0.4, 0.5) is 0 Å². The van der Waals surface area contributed by atoms with Crippen LogP contribution in [0.5, 0.6) is 0 Å². The molecule has 0 aliphatic carbocycles. The molecule has 108 valence electrons. The van der Waals surface area contributed by atoms with Crippen LogP contribution in [0.15, 0.2) is 41.9 Å². The van der Waals surface area contributed by atoms with Crippen molar-refractivity contribution in [1.82, 2.24) is 14.8 Å². The Hall–Kier alpha value is -2.21. The lowest BCUT2D eigenvalue weighted by atomic mass is 10.2. The van der Waals surface area contributed by atoms with Gasteiger partial charge in [-0.25, -0.2) is 0 Å². The molecule has 2 aromatic heterocycles. The summed E-state index contributed by atoms with van der Waals surface area (Å²) in [5, 5.41) is 1.90. The van der Waals surface area contributed by atoms with Crippen LogP contribution < -0.4 is 0 Å². The largest absolute Gasteiger partial charge is 0.334 e. The van der Waals surface area contributed by atoms with Crippen LogP contribution in [0.3, 0.4) is 0 Å². The predicted molar refractivity (Wildman–Crippen MR) is 80.4 cm³/mol. The zero-order valence-corrected chi connectivity index (χ0v) is 12.3. The number of amides is 2. The summed E-state index contributed by atoms with van der Waals surface area (Å²) < 4.78 is 0. The van der Waals surface area contributed by atoms with Gasteiger partial charge in [0, 0.05) is 32.4 Å². The lowest BCUT2D eigenvalue weighted by molar-refractivity contribution is 0.0535. The Morgan fingerprint density at radius 2 is 1.67 bits per heavy atom. The number of rotatable bonds is 2. The minimum atomic E-state index is -0.0705. The maximum Gasteiger partial charge on any atom is 0.272 e. The average molecular weight is 301 g/mol. The minimum absolute atomic E-state index is 0.0509. The van der Waals surface area contributed by atoms with Crippen LogP contribution in [0, 0.1) is 0 Å². The number of thiophene rings is 1. The molecule has 0 aromatic carbocycles. The fourth-order valence-corrected chi connectivity index (χ4v) is 3.01. The first kappa shape index (κ1) is 13.8. The zero-order valence-electron chi connectivity index (χ0n) is 11.4. The molecule has 1 aliphatic heterocycles. The summed E-state index contributed by atoms with van der Waals surface area (Å²) in [6, 6.07) is 9.01. The molecular weight excluding hydrogens is 286 g/mol. The van der Waals surface area contributed by atoms with Crippen molar-refractivity contribution in [1.29, 1.82) is 0 Å². The van der Waals surface area contributed by atoms with Gasteiger partial charge in [0.15, 0.2) is 0 Å². The van der Waals surface area contributed by atoms with E-state index in [1.807, 2.05) is 17.5 Å². The molecule has 0 atom stereocenters. The highest BCUT2D eigenvalue weighted by Crippen LogP contribution is 2.14. The molecule has 21 heavy (non-hydrogen) atoms. The molecule has 1 saturated heterocycles. The Balaban J connectivity index is 1.60. The first-order valence-electron chi connectivity index (χ1n) is 6.79. The molecular formula is C15H15N3O2S.